The van der Waals surface area contributed by atoms with Crippen LogP contribution in [0.3, 0.4) is 0 Å². The van der Waals surface area contributed by atoms with Crippen molar-refractivity contribution in [2.75, 3.05) is 25.0 Å². The topological polar surface area (TPSA) is 75.4 Å². The van der Waals surface area contributed by atoms with Crippen LogP contribution in [0, 0.1) is 5.92 Å². The molecule has 5 nitrogen and oxygen atoms in total. The maximum absolute atomic E-state index is 12.4. The minimum absolute atomic E-state index is 0.0711. The number of likely N-dealkylation sites (tertiary alicyclic amines) is 1. The summed E-state index contributed by atoms with van der Waals surface area (Å²) in [6.45, 7) is 4.21. The van der Waals surface area contributed by atoms with Gasteiger partial charge in [-0.05, 0) is 43.0 Å². The summed E-state index contributed by atoms with van der Waals surface area (Å²) in [6, 6.07) is 7.04. The van der Waals surface area contributed by atoms with Crippen molar-refractivity contribution >= 4 is 17.5 Å². The molecule has 0 radical (unpaired) electrons. The first-order valence-electron chi connectivity index (χ1n) is 7.49. The minimum atomic E-state index is -0.110. The van der Waals surface area contributed by atoms with Gasteiger partial charge in [-0.15, -0.1) is 0 Å². The fourth-order valence-corrected chi connectivity index (χ4v) is 2.44. The van der Waals surface area contributed by atoms with Crippen LogP contribution >= 0.6 is 0 Å². The van der Waals surface area contributed by atoms with Gasteiger partial charge in [0.15, 0.2) is 0 Å². The molecule has 1 fully saturated rings. The van der Waals surface area contributed by atoms with E-state index in [1.807, 2.05) is 4.90 Å². The highest BCUT2D eigenvalue weighted by atomic mass is 16.2. The fraction of sp³-hybridized carbons (Fsp3) is 0.500. The lowest BCUT2D eigenvalue weighted by Gasteiger charge is -2.30. The van der Waals surface area contributed by atoms with Gasteiger partial charge in [0.2, 0.25) is 5.91 Å². The van der Waals surface area contributed by atoms with Crippen molar-refractivity contribution in [3.05, 3.63) is 29.8 Å². The molecule has 0 aromatic heterocycles. The van der Waals surface area contributed by atoms with Crippen molar-refractivity contribution in [2.24, 2.45) is 11.7 Å². The van der Waals surface area contributed by atoms with Gasteiger partial charge in [0.05, 0.1) is 0 Å². The molecule has 1 aliphatic rings. The Balaban J connectivity index is 1.95. The van der Waals surface area contributed by atoms with Crippen molar-refractivity contribution in [2.45, 2.75) is 26.2 Å². The molecule has 1 saturated heterocycles. The van der Waals surface area contributed by atoms with E-state index in [0.717, 1.165) is 25.9 Å². The van der Waals surface area contributed by atoms with Crippen LogP contribution in [0.4, 0.5) is 5.69 Å². The molecule has 21 heavy (non-hydrogen) atoms. The van der Waals surface area contributed by atoms with Gasteiger partial charge in [0, 0.05) is 37.3 Å². The third-order valence-electron chi connectivity index (χ3n) is 3.86. The Labute approximate surface area is 125 Å². The number of piperidine rings is 1. The fourth-order valence-electron chi connectivity index (χ4n) is 2.44. The number of carbonyl (C=O) groups is 2. The zero-order valence-electron chi connectivity index (χ0n) is 12.5. The number of anilines is 1. The summed E-state index contributed by atoms with van der Waals surface area (Å²) in [5.74, 6) is 0.664. The van der Waals surface area contributed by atoms with E-state index < -0.39 is 0 Å². The van der Waals surface area contributed by atoms with E-state index in [1.165, 1.54) is 0 Å². The van der Waals surface area contributed by atoms with Gasteiger partial charge < -0.3 is 16.0 Å². The van der Waals surface area contributed by atoms with Gasteiger partial charge in [-0.2, -0.15) is 0 Å². The highest BCUT2D eigenvalue weighted by Crippen LogP contribution is 2.19. The van der Waals surface area contributed by atoms with Crippen molar-refractivity contribution in [1.82, 2.24) is 4.90 Å². The first-order chi connectivity index (χ1) is 10.1. The number of nitrogens with zero attached hydrogens (tertiary/aromatic N) is 1. The average Bonchev–Trinajstić information content (AvgIpc) is 2.48. The van der Waals surface area contributed by atoms with Crippen molar-refractivity contribution in [1.29, 1.82) is 0 Å². The van der Waals surface area contributed by atoms with Gasteiger partial charge in [-0.3, -0.25) is 9.59 Å². The lowest BCUT2D eigenvalue weighted by Crippen LogP contribution is -2.37. The third-order valence-corrected chi connectivity index (χ3v) is 3.86. The van der Waals surface area contributed by atoms with Crippen LogP contribution in [-0.4, -0.2) is 36.3 Å². The first kappa shape index (κ1) is 15.5. The van der Waals surface area contributed by atoms with E-state index in [9.17, 15) is 9.59 Å². The van der Waals surface area contributed by atoms with Gasteiger partial charge in [-0.1, -0.05) is 6.92 Å². The number of carbonyl (C=O) groups excluding carboxylic acids is 2. The molecule has 0 aliphatic carbocycles. The number of amides is 2. The predicted octanol–water partition coefficient (Wildman–Crippen LogP) is 1.85. The van der Waals surface area contributed by atoms with E-state index in [4.69, 9.17) is 5.73 Å². The Morgan fingerprint density at radius 1 is 1.24 bits per heavy atom. The summed E-state index contributed by atoms with van der Waals surface area (Å²) in [5, 5.41) is 2.75. The lowest BCUT2D eigenvalue weighted by molar-refractivity contribution is -0.116. The third kappa shape index (κ3) is 4.29. The van der Waals surface area contributed by atoms with Crippen molar-refractivity contribution in [3.8, 4) is 0 Å². The number of benzene rings is 1. The molecule has 3 N–H and O–H groups in total. The largest absolute Gasteiger partial charge is 0.339 e. The zero-order chi connectivity index (χ0) is 15.2. The smallest absolute Gasteiger partial charge is 0.253 e. The molecule has 114 valence electrons. The molecule has 0 bridgehead atoms. The molecular formula is C16H23N3O2. The normalized spacial score (nSPS) is 15.8. The maximum atomic E-state index is 12.4. The van der Waals surface area contributed by atoms with Crippen LogP contribution in [0.2, 0.25) is 0 Å². The first-order valence-corrected chi connectivity index (χ1v) is 7.49. The Hall–Kier alpha value is -1.88. The highest BCUT2D eigenvalue weighted by molar-refractivity contribution is 5.95. The highest BCUT2D eigenvalue weighted by Gasteiger charge is 2.21. The van der Waals surface area contributed by atoms with Gasteiger partial charge in [-0.25, -0.2) is 0 Å². The van der Waals surface area contributed by atoms with E-state index in [-0.39, 0.29) is 11.8 Å². The molecule has 2 rings (SSSR count). The summed E-state index contributed by atoms with van der Waals surface area (Å²) in [4.78, 5) is 25.7. The molecule has 1 aliphatic heterocycles. The van der Waals surface area contributed by atoms with Crippen molar-refractivity contribution in [3.63, 3.8) is 0 Å². The van der Waals surface area contributed by atoms with Gasteiger partial charge in [0.25, 0.3) is 5.91 Å². The van der Waals surface area contributed by atoms with E-state index in [0.29, 0.717) is 30.1 Å². The maximum Gasteiger partial charge on any atom is 0.253 e. The molecule has 1 aromatic rings. The van der Waals surface area contributed by atoms with Crippen LogP contribution in [0.5, 0.6) is 0 Å². The summed E-state index contributed by atoms with van der Waals surface area (Å²) in [7, 11) is 0. The molecule has 1 aromatic carbocycles. The van der Waals surface area contributed by atoms with Crippen LogP contribution in [0.15, 0.2) is 24.3 Å². The summed E-state index contributed by atoms with van der Waals surface area (Å²) < 4.78 is 0. The Kier molecular flexibility index (Phi) is 5.33. The predicted molar refractivity (Wildman–Crippen MR) is 83.0 cm³/mol. The second-order valence-electron chi connectivity index (χ2n) is 5.64. The number of hydrogen-bond acceptors (Lipinski definition) is 3. The summed E-state index contributed by atoms with van der Waals surface area (Å²) >= 11 is 0. The van der Waals surface area contributed by atoms with E-state index in [1.54, 1.807) is 24.3 Å². The minimum Gasteiger partial charge on any atom is -0.339 e. The molecule has 2 amide bonds. The molecule has 0 saturated carbocycles. The van der Waals surface area contributed by atoms with Crippen LogP contribution in [-0.2, 0) is 4.79 Å². The SMILES string of the molecule is CC1CCN(C(=O)c2ccc(NC(=O)CCN)cc2)CC1. The monoisotopic (exact) mass is 289 g/mol. The molecule has 0 atom stereocenters. The van der Waals surface area contributed by atoms with Crippen LogP contribution in [0.25, 0.3) is 0 Å². The standard InChI is InChI=1S/C16H23N3O2/c1-12-7-10-19(11-8-12)16(21)13-2-4-14(5-3-13)18-15(20)6-9-17/h2-5,12H,6-11,17H2,1H3,(H,18,20). The van der Waals surface area contributed by atoms with Gasteiger partial charge >= 0.3 is 0 Å². The summed E-state index contributed by atoms with van der Waals surface area (Å²) in [6.07, 6.45) is 2.44. The van der Waals surface area contributed by atoms with Gasteiger partial charge in [0.1, 0.15) is 0 Å². The van der Waals surface area contributed by atoms with E-state index >= 15 is 0 Å². The Morgan fingerprint density at radius 2 is 1.86 bits per heavy atom. The second-order valence-corrected chi connectivity index (χ2v) is 5.64. The molecular weight excluding hydrogens is 266 g/mol. The molecule has 0 spiro atoms. The quantitative estimate of drug-likeness (QED) is 0.888. The Bertz CT molecular complexity index is 491. The van der Waals surface area contributed by atoms with Crippen molar-refractivity contribution < 1.29 is 9.59 Å². The number of hydrogen-bond donors (Lipinski definition) is 2. The lowest BCUT2D eigenvalue weighted by atomic mass is 9.98. The molecule has 5 heteroatoms. The van der Waals surface area contributed by atoms with Crippen LogP contribution < -0.4 is 11.1 Å². The average molecular weight is 289 g/mol. The number of nitrogens with one attached hydrogen (secondary N) is 1. The number of nitrogens with two attached hydrogens (primary N) is 1. The summed E-state index contributed by atoms with van der Waals surface area (Å²) in [5.41, 5.74) is 6.69. The Morgan fingerprint density at radius 3 is 2.43 bits per heavy atom. The van der Waals surface area contributed by atoms with E-state index in [2.05, 4.69) is 12.2 Å². The second kappa shape index (κ2) is 7.22. The zero-order valence-corrected chi connectivity index (χ0v) is 12.5. The number of rotatable bonds is 4. The van der Waals surface area contributed by atoms with Crippen LogP contribution in [0.1, 0.15) is 36.5 Å². The molecule has 0 unspecified atom stereocenters. The molecule has 1 heterocycles.